The lowest BCUT2D eigenvalue weighted by Gasteiger charge is -2.12. The van der Waals surface area contributed by atoms with E-state index in [2.05, 4.69) is 15.1 Å². The van der Waals surface area contributed by atoms with Gasteiger partial charge in [-0.2, -0.15) is 0 Å². The second-order valence-corrected chi connectivity index (χ2v) is 9.69. The average Bonchev–Trinajstić information content (AvgIpc) is 3.29. The van der Waals surface area contributed by atoms with E-state index in [0.717, 1.165) is 31.5 Å². The van der Waals surface area contributed by atoms with Crippen molar-refractivity contribution in [3.8, 4) is 17.1 Å². The van der Waals surface area contributed by atoms with Crippen LogP contribution in [-0.4, -0.2) is 34.6 Å². The van der Waals surface area contributed by atoms with Gasteiger partial charge >= 0.3 is 0 Å². The third-order valence-corrected chi connectivity index (χ3v) is 6.56. The number of halogens is 1. The number of nitrogens with zero attached hydrogens (tertiary/aromatic N) is 3. The van der Waals surface area contributed by atoms with Crippen molar-refractivity contribution in [1.29, 1.82) is 0 Å². The molecule has 154 valence electrons. The highest BCUT2D eigenvalue weighted by atomic mass is 35.7. The summed E-state index contributed by atoms with van der Waals surface area (Å²) in [5.41, 5.74) is 1.02. The summed E-state index contributed by atoms with van der Waals surface area (Å²) in [6.45, 7) is 3.97. The van der Waals surface area contributed by atoms with Crippen molar-refractivity contribution in [3.05, 3.63) is 40.1 Å². The molecule has 2 heterocycles. The number of aromatic amines is 1. The van der Waals surface area contributed by atoms with Gasteiger partial charge in [-0.3, -0.25) is 4.79 Å². The zero-order valence-electron chi connectivity index (χ0n) is 16.1. The molecular weight excluding hydrogens is 416 g/mol. The average molecular weight is 437 g/mol. The predicted molar refractivity (Wildman–Crippen MR) is 109 cm³/mol. The molecule has 1 aliphatic carbocycles. The second kappa shape index (κ2) is 7.46. The normalized spacial score (nSPS) is 15.3. The molecule has 0 radical (unpaired) electrons. The minimum atomic E-state index is -3.96. The van der Waals surface area contributed by atoms with Gasteiger partial charge in [-0.1, -0.05) is 12.8 Å². The van der Waals surface area contributed by atoms with Gasteiger partial charge in [-0.05, 0) is 44.9 Å². The van der Waals surface area contributed by atoms with Gasteiger partial charge in [-0.25, -0.2) is 17.9 Å². The first-order chi connectivity index (χ1) is 13.8. The second-order valence-electron chi connectivity index (χ2n) is 7.13. The van der Waals surface area contributed by atoms with Crippen molar-refractivity contribution >= 4 is 25.2 Å². The first-order valence-corrected chi connectivity index (χ1v) is 11.8. The molecule has 0 amide bonds. The maximum absolute atomic E-state index is 12.8. The lowest BCUT2D eigenvalue weighted by molar-refractivity contribution is 0.341. The fraction of sp³-hybridized carbons (Fsp3) is 0.421. The summed E-state index contributed by atoms with van der Waals surface area (Å²) in [4.78, 5) is 20.1. The molecule has 0 saturated heterocycles. The van der Waals surface area contributed by atoms with Crippen molar-refractivity contribution in [2.45, 2.75) is 50.3 Å². The molecule has 1 saturated carbocycles. The van der Waals surface area contributed by atoms with Gasteiger partial charge in [0.05, 0.1) is 22.8 Å². The molecule has 8 nitrogen and oxygen atoms in total. The number of aryl methyl sites for hydroxylation is 1. The number of imidazole rings is 1. The van der Waals surface area contributed by atoms with E-state index in [4.69, 9.17) is 15.4 Å². The molecule has 0 atom stereocenters. The van der Waals surface area contributed by atoms with Crippen LogP contribution in [0.2, 0.25) is 0 Å². The summed E-state index contributed by atoms with van der Waals surface area (Å²) in [5, 5.41) is 4.62. The molecule has 0 aliphatic heterocycles. The lowest BCUT2D eigenvalue weighted by Crippen LogP contribution is -2.16. The number of nitrogens with one attached hydrogen (secondary N) is 1. The van der Waals surface area contributed by atoms with Gasteiger partial charge in [-0.15, -0.1) is 5.10 Å². The molecule has 1 fully saturated rings. The van der Waals surface area contributed by atoms with E-state index in [0.29, 0.717) is 29.1 Å². The summed E-state index contributed by atoms with van der Waals surface area (Å²) in [6, 6.07) is 4.23. The van der Waals surface area contributed by atoms with E-state index in [1.165, 1.54) is 18.2 Å². The number of H-pyrrole nitrogens is 1. The first kappa shape index (κ1) is 19.9. The number of hydrogen-bond donors (Lipinski definition) is 1. The summed E-state index contributed by atoms with van der Waals surface area (Å²) in [6.07, 6.45) is 4.26. The van der Waals surface area contributed by atoms with Crippen LogP contribution in [0.25, 0.3) is 16.9 Å². The highest BCUT2D eigenvalue weighted by Crippen LogP contribution is 2.35. The Bertz CT molecular complexity index is 1240. The number of benzene rings is 1. The molecule has 1 N–H and O–H groups in total. The topological polar surface area (TPSA) is 106 Å². The Hall–Kier alpha value is -2.39. The van der Waals surface area contributed by atoms with Crippen molar-refractivity contribution in [2.24, 2.45) is 0 Å². The van der Waals surface area contributed by atoms with E-state index in [-0.39, 0.29) is 22.2 Å². The van der Waals surface area contributed by atoms with E-state index >= 15 is 0 Å². The number of fused-ring (bicyclic) bond motifs is 1. The Morgan fingerprint density at radius 2 is 2.03 bits per heavy atom. The zero-order valence-corrected chi connectivity index (χ0v) is 17.7. The number of rotatable bonds is 5. The van der Waals surface area contributed by atoms with E-state index < -0.39 is 9.05 Å². The third kappa shape index (κ3) is 3.64. The number of aromatic nitrogens is 4. The standard InChI is InChI=1S/C19H21ClN4O4S/c1-3-28-15-9-8-13(29(20,26)27)10-14(15)17-22-19(25)16-11(2)21-18(24(16)23-17)12-6-4-5-7-12/h8-10,12H,3-7H2,1-2H3,(H,22,23,25). The molecule has 0 spiro atoms. The highest BCUT2D eigenvalue weighted by molar-refractivity contribution is 8.13. The Labute approximate surface area is 172 Å². The van der Waals surface area contributed by atoms with Crippen LogP contribution in [0.15, 0.2) is 27.9 Å². The fourth-order valence-corrected chi connectivity index (χ4v) is 4.67. The maximum Gasteiger partial charge on any atom is 0.277 e. The van der Waals surface area contributed by atoms with Crippen LogP contribution in [-0.2, 0) is 9.05 Å². The van der Waals surface area contributed by atoms with E-state index in [1.807, 2.05) is 6.92 Å². The summed E-state index contributed by atoms with van der Waals surface area (Å²) >= 11 is 0. The number of hydrogen-bond acceptors (Lipinski definition) is 6. The van der Waals surface area contributed by atoms with Gasteiger partial charge in [0.2, 0.25) is 0 Å². The molecule has 1 aliphatic rings. The van der Waals surface area contributed by atoms with Gasteiger partial charge in [0.15, 0.2) is 11.3 Å². The molecule has 29 heavy (non-hydrogen) atoms. The Balaban J connectivity index is 1.96. The van der Waals surface area contributed by atoms with Gasteiger partial charge < -0.3 is 9.72 Å². The van der Waals surface area contributed by atoms with E-state index in [9.17, 15) is 13.2 Å². The quantitative estimate of drug-likeness (QED) is 0.614. The minimum Gasteiger partial charge on any atom is -0.493 e. The monoisotopic (exact) mass is 436 g/mol. The van der Waals surface area contributed by atoms with Crippen LogP contribution in [0.1, 0.15) is 50.0 Å². The molecular formula is C19H21ClN4O4S. The Kier molecular flexibility index (Phi) is 5.12. The molecule has 1 aromatic carbocycles. The van der Waals surface area contributed by atoms with Crippen LogP contribution >= 0.6 is 10.7 Å². The fourth-order valence-electron chi connectivity index (χ4n) is 3.89. The largest absolute Gasteiger partial charge is 0.493 e. The van der Waals surface area contributed by atoms with Crippen LogP contribution in [0.5, 0.6) is 5.75 Å². The van der Waals surface area contributed by atoms with Crippen molar-refractivity contribution in [2.75, 3.05) is 6.61 Å². The summed E-state index contributed by atoms with van der Waals surface area (Å²) in [5.74, 6) is 1.61. The minimum absolute atomic E-state index is 0.0989. The third-order valence-electron chi connectivity index (χ3n) is 5.21. The molecule has 0 unspecified atom stereocenters. The molecule has 10 heteroatoms. The van der Waals surface area contributed by atoms with Crippen LogP contribution < -0.4 is 10.3 Å². The highest BCUT2D eigenvalue weighted by Gasteiger charge is 2.25. The van der Waals surface area contributed by atoms with Crippen LogP contribution in [0, 0.1) is 6.92 Å². The summed E-state index contributed by atoms with van der Waals surface area (Å²) < 4.78 is 30.8. The van der Waals surface area contributed by atoms with Crippen molar-refractivity contribution in [3.63, 3.8) is 0 Å². The molecule has 0 bridgehead atoms. The molecule has 4 rings (SSSR count). The van der Waals surface area contributed by atoms with Gasteiger partial charge in [0, 0.05) is 16.6 Å². The SMILES string of the molecule is CCOc1ccc(S(=O)(=O)Cl)cc1-c1nn2c(C3CCCC3)nc(C)c2c(=O)[nH]1. The molecule has 2 aromatic heterocycles. The Morgan fingerprint density at radius 3 is 2.69 bits per heavy atom. The lowest BCUT2D eigenvalue weighted by atomic mass is 10.1. The van der Waals surface area contributed by atoms with Crippen LogP contribution in [0.3, 0.4) is 0 Å². The first-order valence-electron chi connectivity index (χ1n) is 9.51. The smallest absolute Gasteiger partial charge is 0.277 e. The maximum atomic E-state index is 12.8. The van der Waals surface area contributed by atoms with Gasteiger partial charge in [0.1, 0.15) is 11.6 Å². The predicted octanol–water partition coefficient (Wildman–Crippen LogP) is 3.38. The number of ether oxygens (including phenoxy) is 1. The van der Waals surface area contributed by atoms with Gasteiger partial charge in [0.25, 0.3) is 14.6 Å². The van der Waals surface area contributed by atoms with Crippen molar-refractivity contribution < 1.29 is 13.2 Å². The van der Waals surface area contributed by atoms with Crippen molar-refractivity contribution in [1.82, 2.24) is 19.6 Å². The Morgan fingerprint density at radius 1 is 1.31 bits per heavy atom. The van der Waals surface area contributed by atoms with Crippen LogP contribution in [0.4, 0.5) is 0 Å². The molecule has 3 aromatic rings. The van der Waals surface area contributed by atoms with E-state index in [1.54, 1.807) is 11.4 Å². The zero-order chi connectivity index (χ0) is 20.8. The summed E-state index contributed by atoms with van der Waals surface area (Å²) in [7, 11) is 1.56.